The summed E-state index contributed by atoms with van der Waals surface area (Å²) in [6.07, 6.45) is 4.79. The molecule has 2 saturated heterocycles. The summed E-state index contributed by atoms with van der Waals surface area (Å²) in [5, 5.41) is 10.1. The average molecular weight is 407 g/mol. The van der Waals surface area contributed by atoms with Crippen LogP contribution in [0.5, 0.6) is 0 Å². The second kappa shape index (κ2) is 9.88. The number of unbranched alkanes of at least 4 members (excludes halogenated alkanes) is 2. The lowest BCUT2D eigenvalue weighted by Gasteiger charge is -2.27. The lowest BCUT2D eigenvalue weighted by Crippen LogP contribution is -2.41. The Morgan fingerprint density at radius 3 is 2.41 bits per heavy atom. The Balaban J connectivity index is 1.70. The maximum atomic E-state index is 10.1. The van der Waals surface area contributed by atoms with Crippen LogP contribution in [0.25, 0.3) is 0 Å². The first-order valence-electron chi connectivity index (χ1n) is 11.3. The lowest BCUT2D eigenvalue weighted by molar-refractivity contribution is -0.229. The van der Waals surface area contributed by atoms with E-state index in [1.165, 1.54) is 36.8 Å². The van der Waals surface area contributed by atoms with Crippen LogP contribution in [-0.4, -0.2) is 41.6 Å². The standard InChI is InChI=1S/C24H38O5/c1-6-8-10-18-13-12-17(14-19(18)11-9-7-2)15-26-21-20(16(3)25)27-23-22(21)28-24(4,5)29-23/h12-14,16,20-23,25H,6-11,15H2,1-5H3/t16-,20-,21+,22-,23-/m1/s1. The van der Waals surface area contributed by atoms with Crippen LogP contribution >= 0.6 is 0 Å². The van der Waals surface area contributed by atoms with Crippen molar-refractivity contribution in [2.75, 3.05) is 0 Å². The van der Waals surface area contributed by atoms with Gasteiger partial charge in [-0.05, 0) is 63.1 Å². The molecule has 1 aromatic carbocycles. The van der Waals surface area contributed by atoms with Gasteiger partial charge in [0.1, 0.15) is 18.3 Å². The van der Waals surface area contributed by atoms with Crippen LogP contribution in [0.2, 0.25) is 0 Å². The molecule has 29 heavy (non-hydrogen) atoms. The van der Waals surface area contributed by atoms with Gasteiger partial charge in [0.05, 0.1) is 12.7 Å². The van der Waals surface area contributed by atoms with Gasteiger partial charge in [-0.1, -0.05) is 44.9 Å². The molecular formula is C24H38O5. The topological polar surface area (TPSA) is 57.2 Å². The third kappa shape index (κ3) is 5.59. The Morgan fingerprint density at radius 1 is 1.07 bits per heavy atom. The lowest BCUT2D eigenvalue weighted by atomic mass is 9.96. The van der Waals surface area contributed by atoms with Crippen LogP contribution in [-0.2, 0) is 38.4 Å². The smallest absolute Gasteiger partial charge is 0.190 e. The summed E-state index contributed by atoms with van der Waals surface area (Å²) in [4.78, 5) is 0. The highest BCUT2D eigenvalue weighted by Crippen LogP contribution is 2.40. The van der Waals surface area contributed by atoms with Crippen molar-refractivity contribution in [3.05, 3.63) is 34.9 Å². The molecule has 0 bridgehead atoms. The van der Waals surface area contributed by atoms with Crippen molar-refractivity contribution in [1.82, 2.24) is 0 Å². The Morgan fingerprint density at radius 2 is 1.76 bits per heavy atom. The van der Waals surface area contributed by atoms with E-state index in [1.54, 1.807) is 6.92 Å². The maximum Gasteiger partial charge on any atom is 0.190 e. The Bertz CT molecular complexity index is 657. The predicted molar refractivity (Wildman–Crippen MR) is 113 cm³/mol. The SMILES string of the molecule is CCCCc1ccc(CO[C@@H]2[C@H]3OC(C)(C)O[C@H]3O[C@@H]2[C@@H](C)O)cc1CCCC. The van der Waals surface area contributed by atoms with Crippen molar-refractivity contribution in [3.63, 3.8) is 0 Å². The fourth-order valence-corrected chi connectivity index (χ4v) is 4.25. The van der Waals surface area contributed by atoms with E-state index in [4.69, 9.17) is 18.9 Å². The third-order valence-corrected chi connectivity index (χ3v) is 5.81. The molecule has 3 rings (SSSR count). The molecule has 5 atom stereocenters. The molecule has 0 radical (unpaired) electrons. The molecule has 5 heteroatoms. The van der Waals surface area contributed by atoms with E-state index in [9.17, 15) is 5.11 Å². The van der Waals surface area contributed by atoms with E-state index >= 15 is 0 Å². The van der Waals surface area contributed by atoms with E-state index in [-0.39, 0.29) is 12.2 Å². The minimum Gasteiger partial charge on any atom is -0.391 e. The number of rotatable bonds is 10. The molecule has 2 aliphatic rings. The number of hydrogen-bond acceptors (Lipinski definition) is 5. The second-order valence-corrected chi connectivity index (χ2v) is 8.90. The highest BCUT2D eigenvalue weighted by molar-refractivity contribution is 5.32. The minimum absolute atomic E-state index is 0.326. The molecule has 164 valence electrons. The normalized spacial score (nSPS) is 29.2. The van der Waals surface area contributed by atoms with E-state index in [0.29, 0.717) is 6.61 Å². The van der Waals surface area contributed by atoms with E-state index in [2.05, 4.69) is 32.0 Å². The number of benzene rings is 1. The highest BCUT2D eigenvalue weighted by atomic mass is 16.8. The largest absolute Gasteiger partial charge is 0.391 e. The quantitative estimate of drug-likeness (QED) is 0.619. The Kier molecular flexibility index (Phi) is 7.74. The number of aryl methyl sites for hydroxylation is 2. The van der Waals surface area contributed by atoms with Crippen molar-refractivity contribution in [1.29, 1.82) is 0 Å². The molecule has 0 aromatic heterocycles. The molecule has 0 saturated carbocycles. The van der Waals surface area contributed by atoms with Crippen LogP contribution in [0.15, 0.2) is 18.2 Å². The summed E-state index contributed by atoms with van der Waals surface area (Å²) >= 11 is 0. The molecular weight excluding hydrogens is 368 g/mol. The van der Waals surface area contributed by atoms with Gasteiger partial charge in [-0.25, -0.2) is 0 Å². The predicted octanol–water partition coefficient (Wildman–Crippen LogP) is 4.51. The number of aliphatic hydroxyl groups is 1. The van der Waals surface area contributed by atoms with Crippen molar-refractivity contribution in [2.45, 2.75) is 116 Å². The summed E-state index contributed by atoms with van der Waals surface area (Å²) in [5.41, 5.74) is 4.06. The Hall–Kier alpha value is -0.980. The fraction of sp³-hybridized carbons (Fsp3) is 0.750. The maximum absolute atomic E-state index is 10.1. The summed E-state index contributed by atoms with van der Waals surface area (Å²) in [7, 11) is 0. The van der Waals surface area contributed by atoms with Crippen molar-refractivity contribution < 1.29 is 24.1 Å². The fourth-order valence-electron chi connectivity index (χ4n) is 4.25. The summed E-state index contributed by atoms with van der Waals surface area (Å²) in [6, 6.07) is 6.72. The highest BCUT2D eigenvalue weighted by Gasteiger charge is 2.56. The van der Waals surface area contributed by atoms with Crippen LogP contribution in [0.4, 0.5) is 0 Å². The zero-order chi connectivity index (χ0) is 21.0. The number of fused-ring (bicyclic) bond motifs is 1. The molecule has 2 heterocycles. The average Bonchev–Trinajstić information content (AvgIpc) is 3.15. The molecule has 1 N–H and O–H groups in total. The van der Waals surface area contributed by atoms with E-state index < -0.39 is 24.3 Å². The molecule has 1 aromatic rings. The van der Waals surface area contributed by atoms with Gasteiger partial charge in [0.2, 0.25) is 0 Å². The number of aliphatic hydroxyl groups excluding tert-OH is 1. The van der Waals surface area contributed by atoms with Crippen molar-refractivity contribution in [3.8, 4) is 0 Å². The summed E-state index contributed by atoms with van der Waals surface area (Å²) in [6.45, 7) is 10.4. The zero-order valence-corrected chi connectivity index (χ0v) is 18.6. The van der Waals surface area contributed by atoms with Crippen LogP contribution < -0.4 is 0 Å². The molecule has 2 fully saturated rings. The van der Waals surface area contributed by atoms with Crippen LogP contribution in [0.1, 0.15) is 77.0 Å². The molecule has 0 spiro atoms. The summed E-state index contributed by atoms with van der Waals surface area (Å²) in [5.74, 6) is -0.700. The molecule has 2 aliphatic heterocycles. The van der Waals surface area contributed by atoms with Gasteiger partial charge >= 0.3 is 0 Å². The van der Waals surface area contributed by atoms with Gasteiger partial charge in [0.25, 0.3) is 0 Å². The number of hydrogen-bond donors (Lipinski definition) is 1. The van der Waals surface area contributed by atoms with Crippen LogP contribution in [0, 0.1) is 0 Å². The van der Waals surface area contributed by atoms with Gasteiger partial charge < -0.3 is 24.1 Å². The second-order valence-electron chi connectivity index (χ2n) is 8.90. The van der Waals surface area contributed by atoms with Crippen molar-refractivity contribution >= 4 is 0 Å². The van der Waals surface area contributed by atoms with E-state index in [0.717, 1.165) is 18.4 Å². The van der Waals surface area contributed by atoms with Gasteiger partial charge in [0, 0.05) is 0 Å². The van der Waals surface area contributed by atoms with Gasteiger partial charge in [-0.15, -0.1) is 0 Å². The first-order chi connectivity index (χ1) is 13.8. The third-order valence-electron chi connectivity index (χ3n) is 5.81. The van der Waals surface area contributed by atoms with Gasteiger partial charge in [0.15, 0.2) is 12.1 Å². The Labute approximate surface area is 175 Å². The first kappa shape index (κ1) is 22.7. The molecule has 0 aliphatic carbocycles. The molecule has 0 unspecified atom stereocenters. The monoisotopic (exact) mass is 406 g/mol. The van der Waals surface area contributed by atoms with Gasteiger partial charge in [-0.3, -0.25) is 0 Å². The minimum atomic E-state index is -0.700. The van der Waals surface area contributed by atoms with Gasteiger partial charge in [-0.2, -0.15) is 0 Å². The van der Waals surface area contributed by atoms with E-state index in [1.807, 2.05) is 13.8 Å². The molecule has 0 amide bonds. The van der Waals surface area contributed by atoms with Crippen LogP contribution in [0.3, 0.4) is 0 Å². The molecule has 5 nitrogen and oxygen atoms in total. The first-order valence-corrected chi connectivity index (χ1v) is 11.3. The summed E-state index contributed by atoms with van der Waals surface area (Å²) < 4.78 is 24.0. The zero-order valence-electron chi connectivity index (χ0n) is 18.6. The van der Waals surface area contributed by atoms with Crippen molar-refractivity contribution in [2.24, 2.45) is 0 Å². The number of ether oxygens (including phenoxy) is 4.